The Balaban J connectivity index is 1.66. The van der Waals surface area contributed by atoms with Gasteiger partial charge in [-0.05, 0) is 30.5 Å². The summed E-state index contributed by atoms with van der Waals surface area (Å²) in [7, 11) is 0. The quantitative estimate of drug-likeness (QED) is 0.681. The number of carbonyl (C=O) groups excluding carboxylic acids is 2. The molecule has 0 saturated heterocycles. The number of hydrogen-bond acceptors (Lipinski definition) is 6. The van der Waals surface area contributed by atoms with E-state index in [-0.39, 0.29) is 12.2 Å². The first kappa shape index (κ1) is 17.5. The van der Waals surface area contributed by atoms with Gasteiger partial charge in [-0.2, -0.15) is 10.1 Å². The summed E-state index contributed by atoms with van der Waals surface area (Å²) in [5.41, 5.74) is 2.68. The molecule has 2 heterocycles. The highest BCUT2D eigenvalue weighted by molar-refractivity contribution is 5.96. The largest absolute Gasteiger partial charge is 0.452 e. The third-order valence-corrected chi connectivity index (χ3v) is 3.91. The Morgan fingerprint density at radius 3 is 2.81 bits per heavy atom. The van der Waals surface area contributed by atoms with Crippen LogP contribution in [0.1, 0.15) is 35.5 Å². The van der Waals surface area contributed by atoms with Gasteiger partial charge in [0.1, 0.15) is 6.33 Å². The summed E-state index contributed by atoms with van der Waals surface area (Å²) in [5.74, 6) is -0.615. The van der Waals surface area contributed by atoms with Crippen LogP contribution in [0.2, 0.25) is 0 Å². The lowest BCUT2D eigenvalue weighted by molar-refractivity contribution is -0.119. The van der Waals surface area contributed by atoms with Crippen LogP contribution < -0.4 is 5.32 Å². The van der Waals surface area contributed by atoms with Crippen molar-refractivity contribution in [3.8, 4) is 0 Å². The lowest BCUT2D eigenvalue weighted by Crippen LogP contribution is -2.22. The minimum atomic E-state index is -0.621. The number of carbonyl (C=O) groups is 2. The smallest absolute Gasteiger partial charge is 0.342 e. The number of rotatable bonds is 6. The number of aryl methyl sites for hydroxylation is 2. The van der Waals surface area contributed by atoms with Gasteiger partial charge in [0, 0.05) is 11.9 Å². The van der Waals surface area contributed by atoms with Crippen molar-refractivity contribution in [2.24, 2.45) is 0 Å². The van der Waals surface area contributed by atoms with Gasteiger partial charge in [-0.1, -0.05) is 26.0 Å². The normalized spacial score (nSPS) is 10.7. The van der Waals surface area contributed by atoms with Crippen molar-refractivity contribution in [1.29, 1.82) is 0 Å². The zero-order valence-corrected chi connectivity index (χ0v) is 14.6. The van der Waals surface area contributed by atoms with Crippen molar-refractivity contribution in [2.45, 2.75) is 26.7 Å². The van der Waals surface area contributed by atoms with Crippen molar-refractivity contribution in [3.63, 3.8) is 0 Å². The number of aromatic nitrogens is 4. The maximum Gasteiger partial charge on any atom is 0.342 e. The summed E-state index contributed by atoms with van der Waals surface area (Å²) in [4.78, 5) is 32.4. The summed E-state index contributed by atoms with van der Waals surface area (Å²) >= 11 is 0. The summed E-state index contributed by atoms with van der Waals surface area (Å²) in [6, 6.07) is 7.52. The first-order chi connectivity index (χ1) is 12.6. The minimum absolute atomic E-state index is 0.270. The van der Waals surface area contributed by atoms with Crippen LogP contribution in [-0.4, -0.2) is 38.1 Å². The molecule has 26 heavy (non-hydrogen) atoms. The molecule has 1 amide bonds. The molecule has 1 aromatic carbocycles. The van der Waals surface area contributed by atoms with Gasteiger partial charge in [-0.3, -0.25) is 4.79 Å². The number of anilines is 1. The standard InChI is InChI=1S/C18H19N5O3/c1-3-12-6-5-7-13(8-12)22-16(24)10-26-17(25)14-9-19-18-20-11-21-23(18)15(14)4-2/h5-9,11H,3-4,10H2,1-2H3,(H,22,24). The molecule has 0 saturated carbocycles. The van der Waals surface area contributed by atoms with E-state index in [0.717, 1.165) is 12.0 Å². The van der Waals surface area contributed by atoms with E-state index in [1.54, 1.807) is 6.07 Å². The molecule has 8 heteroatoms. The Hall–Kier alpha value is -3.29. The lowest BCUT2D eigenvalue weighted by atomic mass is 10.1. The molecule has 8 nitrogen and oxygen atoms in total. The maximum atomic E-state index is 12.3. The second-order valence-electron chi connectivity index (χ2n) is 5.62. The molecule has 3 rings (SSSR count). The predicted octanol–water partition coefficient (Wildman–Crippen LogP) is 2.04. The van der Waals surface area contributed by atoms with Crippen molar-refractivity contribution in [3.05, 3.63) is 53.6 Å². The molecule has 134 valence electrons. The minimum Gasteiger partial charge on any atom is -0.452 e. The highest BCUT2D eigenvalue weighted by Gasteiger charge is 2.18. The summed E-state index contributed by atoms with van der Waals surface area (Å²) in [6.45, 7) is 3.54. The molecule has 0 atom stereocenters. The Morgan fingerprint density at radius 1 is 1.19 bits per heavy atom. The van der Waals surface area contributed by atoms with E-state index >= 15 is 0 Å². The second-order valence-corrected chi connectivity index (χ2v) is 5.62. The van der Waals surface area contributed by atoms with Crippen LogP contribution in [-0.2, 0) is 22.4 Å². The highest BCUT2D eigenvalue weighted by Crippen LogP contribution is 2.13. The van der Waals surface area contributed by atoms with Crippen LogP contribution in [0.5, 0.6) is 0 Å². The topological polar surface area (TPSA) is 98.5 Å². The third-order valence-electron chi connectivity index (χ3n) is 3.91. The van der Waals surface area contributed by atoms with E-state index in [9.17, 15) is 9.59 Å². The number of ether oxygens (including phenoxy) is 1. The maximum absolute atomic E-state index is 12.3. The number of nitrogens with zero attached hydrogens (tertiary/aromatic N) is 4. The molecule has 0 unspecified atom stereocenters. The van der Waals surface area contributed by atoms with Crippen molar-refractivity contribution in [1.82, 2.24) is 19.6 Å². The third kappa shape index (κ3) is 3.69. The lowest BCUT2D eigenvalue weighted by Gasteiger charge is -2.10. The number of nitrogens with one attached hydrogen (secondary N) is 1. The Labute approximate surface area is 150 Å². The van der Waals surface area contributed by atoms with E-state index < -0.39 is 11.9 Å². The molecule has 0 aliphatic heterocycles. The van der Waals surface area contributed by atoms with E-state index in [1.165, 1.54) is 17.0 Å². The molecule has 3 aromatic rings. The number of amides is 1. The molecule has 1 N–H and O–H groups in total. The van der Waals surface area contributed by atoms with E-state index in [0.29, 0.717) is 23.6 Å². The van der Waals surface area contributed by atoms with E-state index in [1.807, 2.05) is 32.0 Å². The molecule has 0 aliphatic carbocycles. The van der Waals surface area contributed by atoms with Gasteiger partial charge in [0.05, 0.1) is 11.3 Å². The van der Waals surface area contributed by atoms with Crippen LogP contribution in [0.4, 0.5) is 5.69 Å². The van der Waals surface area contributed by atoms with Crippen LogP contribution in [0.25, 0.3) is 5.78 Å². The first-order valence-electron chi connectivity index (χ1n) is 8.35. The van der Waals surface area contributed by atoms with Gasteiger partial charge in [-0.25, -0.2) is 14.3 Å². The van der Waals surface area contributed by atoms with Crippen molar-refractivity contribution >= 4 is 23.3 Å². The number of fused-ring (bicyclic) bond motifs is 1. The summed E-state index contributed by atoms with van der Waals surface area (Å²) in [5, 5.41) is 6.77. The summed E-state index contributed by atoms with van der Waals surface area (Å²) < 4.78 is 6.63. The molecule has 0 spiro atoms. The van der Waals surface area contributed by atoms with Crippen LogP contribution >= 0.6 is 0 Å². The van der Waals surface area contributed by atoms with Gasteiger partial charge in [-0.15, -0.1) is 0 Å². The van der Waals surface area contributed by atoms with Gasteiger partial charge in [0.25, 0.3) is 11.7 Å². The van der Waals surface area contributed by atoms with E-state index in [4.69, 9.17) is 4.74 Å². The van der Waals surface area contributed by atoms with Gasteiger partial charge in [0.15, 0.2) is 6.61 Å². The zero-order valence-electron chi connectivity index (χ0n) is 14.6. The highest BCUT2D eigenvalue weighted by atomic mass is 16.5. The predicted molar refractivity (Wildman–Crippen MR) is 94.9 cm³/mol. The molecule has 0 aliphatic rings. The molecule has 0 fully saturated rings. The van der Waals surface area contributed by atoms with Crippen molar-refractivity contribution < 1.29 is 14.3 Å². The fourth-order valence-corrected chi connectivity index (χ4v) is 2.61. The number of esters is 1. The zero-order chi connectivity index (χ0) is 18.5. The van der Waals surface area contributed by atoms with Gasteiger partial charge in [0.2, 0.25) is 0 Å². The fourth-order valence-electron chi connectivity index (χ4n) is 2.61. The number of benzene rings is 1. The van der Waals surface area contributed by atoms with Gasteiger partial charge >= 0.3 is 5.97 Å². The molecule has 0 radical (unpaired) electrons. The molecular weight excluding hydrogens is 334 g/mol. The average Bonchev–Trinajstić information content (AvgIpc) is 3.14. The Kier molecular flexibility index (Phi) is 5.21. The second kappa shape index (κ2) is 7.73. The molecule has 0 bridgehead atoms. The summed E-state index contributed by atoms with van der Waals surface area (Å²) in [6.07, 6.45) is 4.18. The van der Waals surface area contributed by atoms with Crippen LogP contribution in [0.3, 0.4) is 0 Å². The average molecular weight is 353 g/mol. The first-order valence-corrected chi connectivity index (χ1v) is 8.35. The van der Waals surface area contributed by atoms with E-state index in [2.05, 4.69) is 20.4 Å². The Bertz CT molecular complexity index is 951. The Morgan fingerprint density at radius 2 is 2.04 bits per heavy atom. The van der Waals surface area contributed by atoms with Gasteiger partial charge < -0.3 is 10.1 Å². The van der Waals surface area contributed by atoms with Crippen LogP contribution in [0, 0.1) is 0 Å². The van der Waals surface area contributed by atoms with Crippen molar-refractivity contribution in [2.75, 3.05) is 11.9 Å². The SMILES string of the molecule is CCc1cccc(NC(=O)COC(=O)c2cnc3ncnn3c2CC)c1. The van der Waals surface area contributed by atoms with Crippen LogP contribution in [0.15, 0.2) is 36.8 Å². The molecule has 2 aromatic heterocycles. The molecular formula is C18H19N5O3. The number of hydrogen-bond donors (Lipinski definition) is 1. The fraction of sp³-hybridized carbons (Fsp3) is 0.278. The monoisotopic (exact) mass is 353 g/mol.